The SMILES string of the molecule is N#Cc1ccc(CNCc2ccccc2COc2ccccc2Cl)o1. The lowest BCUT2D eigenvalue weighted by Gasteiger charge is -2.12. The number of furan rings is 1. The third kappa shape index (κ3) is 4.63. The molecular formula is C20H17ClN2O2. The maximum Gasteiger partial charge on any atom is 0.203 e. The summed E-state index contributed by atoms with van der Waals surface area (Å²) in [6, 6.07) is 21.0. The molecule has 2 aromatic carbocycles. The van der Waals surface area contributed by atoms with Gasteiger partial charge in [0.2, 0.25) is 5.76 Å². The standard InChI is InChI=1S/C20H17ClN2O2/c21-19-7-3-4-8-20(19)24-14-16-6-2-1-5-15(16)12-23-13-18-10-9-17(11-22)25-18/h1-10,23H,12-14H2. The molecule has 0 aliphatic heterocycles. The fourth-order valence-corrected chi connectivity index (χ4v) is 2.63. The summed E-state index contributed by atoms with van der Waals surface area (Å²) >= 11 is 6.12. The van der Waals surface area contributed by atoms with Crippen molar-refractivity contribution in [3.63, 3.8) is 0 Å². The predicted octanol–water partition coefficient (Wildman–Crippen LogP) is 4.67. The molecule has 3 aromatic rings. The molecule has 4 nitrogen and oxygen atoms in total. The van der Waals surface area contributed by atoms with Gasteiger partial charge < -0.3 is 14.5 Å². The summed E-state index contributed by atoms with van der Waals surface area (Å²) < 4.78 is 11.2. The van der Waals surface area contributed by atoms with Crippen LogP contribution in [0.3, 0.4) is 0 Å². The van der Waals surface area contributed by atoms with E-state index in [4.69, 9.17) is 26.0 Å². The van der Waals surface area contributed by atoms with Gasteiger partial charge in [-0.2, -0.15) is 5.26 Å². The molecule has 3 rings (SSSR count). The lowest BCUT2D eigenvalue weighted by molar-refractivity contribution is 0.305. The minimum Gasteiger partial charge on any atom is -0.487 e. The number of nitriles is 1. The number of rotatable bonds is 7. The van der Waals surface area contributed by atoms with Gasteiger partial charge in [-0.05, 0) is 35.4 Å². The topological polar surface area (TPSA) is 58.2 Å². The second kappa shape index (κ2) is 8.39. The van der Waals surface area contributed by atoms with Gasteiger partial charge in [-0.25, -0.2) is 0 Å². The van der Waals surface area contributed by atoms with Crippen molar-refractivity contribution in [2.45, 2.75) is 19.7 Å². The number of hydrogen-bond donors (Lipinski definition) is 1. The number of hydrogen-bond acceptors (Lipinski definition) is 4. The summed E-state index contributed by atoms with van der Waals surface area (Å²) in [6.07, 6.45) is 0. The summed E-state index contributed by atoms with van der Waals surface area (Å²) in [6.45, 7) is 1.67. The first kappa shape index (κ1) is 17.1. The van der Waals surface area contributed by atoms with Gasteiger partial charge in [0.1, 0.15) is 24.2 Å². The maximum atomic E-state index is 8.78. The predicted molar refractivity (Wildman–Crippen MR) is 96.2 cm³/mol. The minimum absolute atomic E-state index is 0.324. The molecule has 126 valence electrons. The van der Waals surface area contributed by atoms with E-state index in [1.165, 1.54) is 0 Å². The number of para-hydroxylation sites is 1. The van der Waals surface area contributed by atoms with Gasteiger partial charge in [-0.1, -0.05) is 48.0 Å². The highest BCUT2D eigenvalue weighted by molar-refractivity contribution is 6.32. The number of ether oxygens (including phenoxy) is 1. The van der Waals surface area contributed by atoms with E-state index < -0.39 is 0 Å². The minimum atomic E-state index is 0.324. The van der Waals surface area contributed by atoms with E-state index in [-0.39, 0.29) is 0 Å². The van der Waals surface area contributed by atoms with Crippen molar-refractivity contribution in [3.8, 4) is 11.8 Å². The molecule has 0 amide bonds. The van der Waals surface area contributed by atoms with Crippen LogP contribution in [-0.4, -0.2) is 0 Å². The molecule has 0 fully saturated rings. The van der Waals surface area contributed by atoms with Gasteiger partial charge >= 0.3 is 0 Å². The molecule has 0 saturated heterocycles. The Kier molecular flexibility index (Phi) is 5.73. The van der Waals surface area contributed by atoms with Crippen LogP contribution in [-0.2, 0) is 19.7 Å². The van der Waals surface area contributed by atoms with Crippen molar-refractivity contribution in [2.24, 2.45) is 0 Å². The highest BCUT2D eigenvalue weighted by Gasteiger charge is 2.06. The monoisotopic (exact) mass is 352 g/mol. The van der Waals surface area contributed by atoms with Crippen LogP contribution in [0.4, 0.5) is 0 Å². The first-order chi connectivity index (χ1) is 12.3. The van der Waals surface area contributed by atoms with E-state index >= 15 is 0 Å². The Bertz CT molecular complexity index is 883. The number of nitrogens with zero attached hydrogens (tertiary/aromatic N) is 1. The Hall–Kier alpha value is -2.74. The van der Waals surface area contributed by atoms with Gasteiger partial charge in [0.05, 0.1) is 11.6 Å². The first-order valence-electron chi connectivity index (χ1n) is 7.90. The van der Waals surface area contributed by atoms with E-state index in [1.54, 1.807) is 12.1 Å². The largest absolute Gasteiger partial charge is 0.487 e. The maximum absolute atomic E-state index is 8.78. The molecule has 1 N–H and O–H groups in total. The molecule has 25 heavy (non-hydrogen) atoms. The zero-order chi connectivity index (χ0) is 17.5. The molecule has 0 unspecified atom stereocenters. The fraction of sp³-hybridized carbons (Fsp3) is 0.150. The Morgan fingerprint density at radius 1 is 0.960 bits per heavy atom. The van der Waals surface area contributed by atoms with Crippen molar-refractivity contribution >= 4 is 11.6 Å². The van der Waals surface area contributed by atoms with Crippen LogP contribution in [0.5, 0.6) is 5.75 Å². The number of halogens is 1. The van der Waals surface area contributed by atoms with Crippen molar-refractivity contribution in [1.82, 2.24) is 5.32 Å². The van der Waals surface area contributed by atoms with Crippen LogP contribution >= 0.6 is 11.6 Å². The average Bonchev–Trinajstić information content (AvgIpc) is 3.10. The van der Waals surface area contributed by atoms with Gasteiger partial charge in [-0.15, -0.1) is 0 Å². The number of nitrogens with one attached hydrogen (secondary N) is 1. The van der Waals surface area contributed by atoms with Crippen LogP contribution in [0.15, 0.2) is 65.1 Å². The lowest BCUT2D eigenvalue weighted by Crippen LogP contribution is -2.14. The molecular weight excluding hydrogens is 336 g/mol. The average molecular weight is 353 g/mol. The van der Waals surface area contributed by atoms with Crippen molar-refractivity contribution in [1.29, 1.82) is 5.26 Å². The second-order valence-electron chi connectivity index (χ2n) is 5.47. The van der Waals surface area contributed by atoms with Crippen molar-refractivity contribution in [3.05, 3.63) is 88.3 Å². The zero-order valence-electron chi connectivity index (χ0n) is 13.5. The molecule has 0 atom stereocenters. The third-order valence-corrected chi connectivity index (χ3v) is 4.04. The van der Waals surface area contributed by atoms with Gasteiger partial charge in [0, 0.05) is 6.54 Å². The lowest BCUT2D eigenvalue weighted by atomic mass is 10.1. The van der Waals surface area contributed by atoms with Gasteiger partial charge in [0.25, 0.3) is 0 Å². The molecule has 1 heterocycles. The van der Waals surface area contributed by atoms with Gasteiger partial charge in [0.15, 0.2) is 0 Å². The fourth-order valence-electron chi connectivity index (χ4n) is 2.44. The highest BCUT2D eigenvalue weighted by atomic mass is 35.5. The summed E-state index contributed by atoms with van der Waals surface area (Å²) in [7, 11) is 0. The molecule has 0 aliphatic carbocycles. The molecule has 0 bridgehead atoms. The van der Waals surface area contributed by atoms with E-state index in [2.05, 4.69) is 11.4 Å². The Labute approximate surface area is 151 Å². The van der Waals surface area contributed by atoms with Crippen molar-refractivity contribution < 1.29 is 9.15 Å². The van der Waals surface area contributed by atoms with E-state index in [0.717, 1.165) is 16.9 Å². The Balaban J connectivity index is 1.59. The van der Waals surface area contributed by atoms with Crippen LogP contribution in [0.2, 0.25) is 5.02 Å². The van der Waals surface area contributed by atoms with Crippen molar-refractivity contribution in [2.75, 3.05) is 0 Å². The van der Waals surface area contributed by atoms with Crippen LogP contribution in [0, 0.1) is 11.3 Å². The van der Waals surface area contributed by atoms with E-state index in [0.29, 0.717) is 36.2 Å². The quantitative estimate of drug-likeness (QED) is 0.671. The molecule has 0 spiro atoms. The van der Waals surface area contributed by atoms with Crippen LogP contribution in [0.25, 0.3) is 0 Å². The summed E-state index contributed by atoms with van der Waals surface area (Å²) in [5.41, 5.74) is 2.23. The normalized spacial score (nSPS) is 10.4. The molecule has 0 radical (unpaired) electrons. The molecule has 5 heteroatoms. The smallest absolute Gasteiger partial charge is 0.203 e. The molecule has 1 aromatic heterocycles. The first-order valence-corrected chi connectivity index (χ1v) is 8.27. The summed E-state index contributed by atoms with van der Waals surface area (Å²) in [4.78, 5) is 0. The third-order valence-electron chi connectivity index (χ3n) is 3.72. The second-order valence-corrected chi connectivity index (χ2v) is 5.88. The summed E-state index contributed by atoms with van der Waals surface area (Å²) in [5.74, 6) is 1.73. The van der Waals surface area contributed by atoms with Crippen LogP contribution < -0.4 is 10.1 Å². The summed E-state index contributed by atoms with van der Waals surface area (Å²) in [5, 5.41) is 12.7. The van der Waals surface area contributed by atoms with Crippen LogP contribution in [0.1, 0.15) is 22.6 Å². The zero-order valence-corrected chi connectivity index (χ0v) is 14.3. The van der Waals surface area contributed by atoms with Gasteiger partial charge in [-0.3, -0.25) is 0 Å². The molecule has 0 saturated carbocycles. The highest BCUT2D eigenvalue weighted by Crippen LogP contribution is 2.24. The number of benzene rings is 2. The Morgan fingerprint density at radius 3 is 2.48 bits per heavy atom. The van der Waals surface area contributed by atoms with E-state index in [1.807, 2.05) is 48.5 Å². The van der Waals surface area contributed by atoms with E-state index in [9.17, 15) is 0 Å². The Morgan fingerprint density at radius 2 is 1.72 bits per heavy atom. The molecule has 0 aliphatic rings.